The Labute approximate surface area is 158 Å². The molecule has 1 aromatic rings. The van der Waals surface area contributed by atoms with Gasteiger partial charge in [-0.2, -0.15) is 0 Å². The first kappa shape index (κ1) is 19.0. The normalized spacial score (nSPS) is 21.5. The summed E-state index contributed by atoms with van der Waals surface area (Å²) < 4.78 is 5.83. The highest BCUT2D eigenvalue weighted by Gasteiger charge is 2.37. The van der Waals surface area contributed by atoms with E-state index in [2.05, 4.69) is 0 Å². The van der Waals surface area contributed by atoms with E-state index in [1.807, 2.05) is 24.3 Å². The van der Waals surface area contributed by atoms with Crippen molar-refractivity contribution in [3.63, 3.8) is 0 Å². The van der Waals surface area contributed by atoms with E-state index < -0.39 is 17.4 Å². The van der Waals surface area contributed by atoms with Crippen LogP contribution >= 0.6 is 11.8 Å². The summed E-state index contributed by atoms with van der Waals surface area (Å²) in [7, 11) is 0. The van der Waals surface area contributed by atoms with Gasteiger partial charge in [0.1, 0.15) is 12.0 Å². The molecular formula is C20H25NO4S. The molecule has 2 fully saturated rings. The summed E-state index contributed by atoms with van der Waals surface area (Å²) in [6.45, 7) is 2.13. The van der Waals surface area contributed by atoms with Crippen LogP contribution in [0.4, 0.5) is 4.79 Å². The van der Waals surface area contributed by atoms with Gasteiger partial charge in [0.25, 0.3) is 11.1 Å². The smallest absolute Gasteiger partial charge is 0.295 e. The minimum atomic E-state index is -1.12. The monoisotopic (exact) mass is 375 g/mol. The molecule has 0 bridgehead atoms. The van der Waals surface area contributed by atoms with E-state index in [4.69, 9.17) is 4.74 Å². The topological polar surface area (TPSA) is 66.8 Å². The molecule has 3 rings (SSSR count). The maximum Gasteiger partial charge on any atom is 0.295 e. The molecular weight excluding hydrogens is 350 g/mol. The van der Waals surface area contributed by atoms with Gasteiger partial charge in [-0.3, -0.25) is 9.59 Å². The molecule has 1 aliphatic carbocycles. The van der Waals surface area contributed by atoms with Gasteiger partial charge in [-0.25, -0.2) is 4.90 Å². The van der Waals surface area contributed by atoms with E-state index >= 15 is 0 Å². The first-order valence-corrected chi connectivity index (χ1v) is 10.0. The van der Waals surface area contributed by atoms with E-state index in [-0.39, 0.29) is 0 Å². The number of nitrogens with zero attached hydrogens (tertiary/aromatic N) is 1. The van der Waals surface area contributed by atoms with Crippen LogP contribution in [0.25, 0.3) is 6.08 Å². The van der Waals surface area contributed by atoms with Gasteiger partial charge >= 0.3 is 0 Å². The summed E-state index contributed by atoms with van der Waals surface area (Å²) in [5.41, 5.74) is 0.820. The van der Waals surface area contributed by atoms with E-state index in [0.717, 1.165) is 46.9 Å². The number of hydrogen-bond donors (Lipinski definition) is 1. The summed E-state index contributed by atoms with van der Waals surface area (Å²) in [5.74, 6) is 1.16. The van der Waals surface area contributed by atoms with Crippen molar-refractivity contribution >= 4 is 29.0 Å². The zero-order valence-corrected chi connectivity index (χ0v) is 15.8. The molecule has 1 saturated heterocycles. The molecule has 1 heterocycles. The zero-order valence-electron chi connectivity index (χ0n) is 15.0. The summed E-state index contributed by atoms with van der Waals surface area (Å²) in [4.78, 5) is 25.1. The number of aliphatic hydroxyl groups excluding tert-OH is 1. The molecule has 0 spiro atoms. The highest BCUT2D eigenvalue weighted by molar-refractivity contribution is 8.18. The molecule has 1 N–H and O–H groups in total. The molecule has 1 atom stereocenters. The van der Waals surface area contributed by atoms with Crippen LogP contribution in [0.2, 0.25) is 0 Å². The molecule has 26 heavy (non-hydrogen) atoms. The van der Waals surface area contributed by atoms with Gasteiger partial charge in [-0.05, 0) is 54.8 Å². The van der Waals surface area contributed by atoms with Crippen LogP contribution in [0.15, 0.2) is 29.2 Å². The lowest BCUT2D eigenvalue weighted by atomic mass is 9.87. The van der Waals surface area contributed by atoms with E-state index in [0.29, 0.717) is 4.91 Å². The summed E-state index contributed by atoms with van der Waals surface area (Å²) >= 11 is 0.846. The zero-order chi connectivity index (χ0) is 18.5. The number of imide groups is 1. The van der Waals surface area contributed by atoms with Crippen LogP contribution in [-0.2, 0) is 4.79 Å². The van der Waals surface area contributed by atoms with Crippen molar-refractivity contribution in [2.24, 2.45) is 5.92 Å². The Morgan fingerprint density at radius 3 is 2.54 bits per heavy atom. The molecule has 0 aromatic heterocycles. The molecule has 1 unspecified atom stereocenters. The number of amides is 2. The highest BCUT2D eigenvalue weighted by atomic mass is 32.2. The number of benzene rings is 1. The molecule has 5 nitrogen and oxygen atoms in total. The van der Waals surface area contributed by atoms with E-state index in [9.17, 15) is 14.7 Å². The summed E-state index contributed by atoms with van der Waals surface area (Å²) in [6, 6.07) is 7.50. The molecule has 140 valence electrons. The number of rotatable bonds is 6. The van der Waals surface area contributed by atoms with Crippen molar-refractivity contribution in [2.75, 3.05) is 6.61 Å². The van der Waals surface area contributed by atoms with Crippen LogP contribution in [-0.4, -0.2) is 34.0 Å². The molecule has 1 aromatic carbocycles. The van der Waals surface area contributed by atoms with E-state index in [1.165, 1.54) is 39.0 Å². The second kappa shape index (κ2) is 8.73. The van der Waals surface area contributed by atoms with Crippen molar-refractivity contribution in [1.82, 2.24) is 4.90 Å². The lowest BCUT2D eigenvalue weighted by Gasteiger charge is -2.21. The SMILES string of the molecule is CC(O)N1C(=O)S/C(=C/c2ccc(OCCC3CCCCC3)cc2)C1=O. The maximum absolute atomic E-state index is 12.2. The van der Waals surface area contributed by atoms with Crippen molar-refractivity contribution < 1.29 is 19.4 Å². The van der Waals surface area contributed by atoms with Gasteiger partial charge in [0.2, 0.25) is 0 Å². The number of carbonyl (C=O) groups excluding carboxylic acids is 2. The second-order valence-corrected chi connectivity index (χ2v) is 7.89. The van der Waals surface area contributed by atoms with Crippen LogP contribution < -0.4 is 4.74 Å². The third kappa shape index (κ3) is 4.68. The second-order valence-electron chi connectivity index (χ2n) is 6.89. The minimum absolute atomic E-state index is 0.321. The van der Waals surface area contributed by atoms with E-state index in [1.54, 1.807) is 6.08 Å². The molecule has 6 heteroatoms. The molecule has 1 aliphatic heterocycles. The average Bonchev–Trinajstić information content (AvgIpc) is 2.91. The van der Waals surface area contributed by atoms with Gasteiger partial charge in [0.15, 0.2) is 0 Å². The third-order valence-corrected chi connectivity index (χ3v) is 5.78. The van der Waals surface area contributed by atoms with Crippen LogP contribution in [0.1, 0.15) is 51.0 Å². The van der Waals surface area contributed by atoms with Gasteiger partial charge in [-0.15, -0.1) is 0 Å². The predicted octanol–water partition coefficient (Wildman–Crippen LogP) is 4.41. The molecule has 0 radical (unpaired) electrons. The van der Waals surface area contributed by atoms with Crippen LogP contribution in [0.5, 0.6) is 5.75 Å². The Morgan fingerprint density at radius 2 is 1.92 bits per heavy atom. The summed E-state index contributed by atoms with van der Waals surface area (Å²) in [6.07, 6.45) is 8.36. The molecule has 2 amide bonds. The van der Waals surface area contributed by atoms with Gasteiger partial charge < -0.3 is 9.84 Å². The maximum atomic E-state index is 12.2. The van der Waals surface area contributed by atoms with Gasteiger partial charge in [0.05, 0.1) is 11.5 Å². The Hall–Kier alpha value is -1.79. The van der Waals surface area contributed by atoms with Crippen molar-refractivity contribution in [3.05, 3.63) is 34.7 Å². The average molecular weight is 375 g/mol. The van der Waals surface area contributed by atoms with Crippen LogP contribution in [0, 0.1) is 5.92 Å². The predicted molar refractivity (Wildman–Crippen MR) is 103 cm³/mol. The fraction of sp³-hybridized carbons (Fsp3) is 0.500. The largest absolute Gasteiger partial charge is 0.494 e. The van der Waals surface area contributed by atoms with Crippen molar-refractivity contribution in [2.45, 2.75) is 51.7 Å². The number of aliphatic hydroxyl groups is 1. The lowest BCUT2D eigenvalue weighted by Crippen LogP contribution is -2.36. The highest BCUT2D eigenvalue weighted by Crippen LogP contribution is 2.33. The fourth-order valence-electron chi connectivity index (χ4n) is 3.43. The molecule has 2 aliphatic rings. The molecule has 1 saturated carbocycles. The van der Waals surface area contributed by atoms with Crippen molar-refractivity contribution in [1.29, 1.82) is 0 Å². The Bertz CT molecular complexity index is 678. The van der Waals surface area contributed by atoms with Crippen LogP contribution in [0.3, 0.4) is 0 Å². The number of thioether (sulfide) groups is 1. The Morgan fingerprint density at radius 1 is 1.23 bits per heavy atom. The number of hydrogen-bond acceptors (Lipinski definition) is 5. The third-order valence-electron chi connectivity index (χ3n) is 4.89. The number of ether oxygens (including phenoxy) is 1. The Kier molecular flexibility index (Phi) is 6.38. The van der Waals surface area contributed by atoms with Gasteiger partial charge in [0, 0.05) is 0 Å². The summed E-state index contributed by atoms with van der Waals surface area (Å²) in [5, 5.41) is 9.07. The fourth-order valence-corrected chi connectivity index (χ4v) is 4.34. The Balaban J connectivity index is 1.54. The lowest BCUT2D eigenvalue weighted by molar-refractivity contribution is -0.128. The number of carbonyl (C=O) groups is 2. The quantitative estimate of drug-likeness (QED) is 0.746. The first-order valence-electron chi connectivity index (χ1n) is 9.22. The van der Waals surface area contributed by atoms with Gasteiger partial charge in [-0.1, -0.05) is 44.2 Å². The first-order chi connectivity index (χ1) is 12.5. The minimum Gasteiger partial charge on any atom is -0.494 e. The standard InChI is InChI=1S/C20H25NO4S/c1-14(22)21-19(23)18(26-20(21)24)13-16-7-9-17(10-8-16)25-12-11-15-5-3-2-4-6-15/h7-10,13-15,22H,2-6,11-12H2,1H3/b18-13+. The van der Waals surface area contributed by atoms with Crippen molar-refractivity contribution in [3.8, 4) is 5.75 Å².